The van der Waals surface area contributed by atoms with E-state index in [0.29, 0.717) is 13.3 Å². The molecule has 6 rings (SSSR count). The van der Waals surface area contributed by atoms with Crippen molar-refractivity contribution in [3.8, 4) is 11.5 Å². The number of aliphatic imine (C=N–C) groups is 1. The van der Waals surface area contributed by atoms with Crippen LogP contribution in [0.5, 0.6) is 11.5 Å². The molecular formula is C23H19N5O2S. The van der Waals surface area contributed by atoms with E-state index in [2.05, 4.69) is 43.8 Å². The minimum absolute atomic E-state index is 0.153. The van der Waals surface area contributed by atoms with Gasteiger partial charge in [0.2, 0.25) is 6.79 Å². The number of thioether (sulfide) groups is 1. The molecule has 0 saturated carbocycles. The van der Waals surface area contributed by atoms with Crippen LogP contribution in [0.15, 0.2) is 70.8 Å². The molecule has 0 bridgehead atoms. The van der Waals surface area contributed by atoms with Gasteiger partial charge < -0.3 is 20.1 Å². The van der Waals surface area contributed by atoms with Gasteiger partial charge in [0, 0.05) is 24.1 Å². The molecule has 2 aromatic carbocycles. The van der Waals surface area contributed by atoms with E-state index in [9.17, 15) is 0 Å². The number of nitrogens with one attached hydrogen (secondary N) is 2. The Morgan fingerprint density at radius 3 is 2.81 bits per heavy atom. The number of dihydropyridines is 1. The van der Waals surface area contributed by atoms with Crippen molar-refractivity contribution in [2.75, 3.05) is 17.4 Å². The second-order valence-corrected chi connectivity index (χ2v) is 8.52. The minimum Gasteiger partial charge on any atom is -0.454 e. The molecule has 0 fully saturated rings. The topological polar surface area (TPSA) is 80.7 Å². The predicted molar refractivity (Wildman–Crippen MR) is 122 cm³/mol. The van der Waals surface area contributed by atoms with Gasteiger partial charge in [-0.1, -0.05) is 23.9 Å². The molecule has 0 aliphatic carbocycles. The SMILES string of the molecule is C1=CC2c3ncnc(Nc4ccc(NCc5ccc6c(c5)OCO6)cc4)c3SC2N=C1. The van der Waals surface area contributed by atoms with Crippen LogP contribution in [-0.2, 0) is 6.54 Å². The maximum absolute atomic E-state index is 5.44. The van der Waals surface area contributed by atoms with E-state index in [0.717, 1.165) is 44.8 Å². The number of nitrogens with zero attached hydrogens (tertiary/aromatic N) is 3. The fourth-order valence-electron chi connectivity index (χ4n) is 3.84. The van der Waals surface area contributed by atoms with Gasteiger partial charge >= 0.3 is 0 Å². The lowest BCUT2D eigenvalue weighted by atomic mass is 10.0. The summed E-state index contributed by atoms with van der Waals surface area (Å²) in [6, 6.07) is 14.2. The first-order valence-corrected chi connectivity index (χ1v) is 10.9. The maximum Gasteiger partial charge on any atom is 0.231 e. The number of hydrogen-bond acceptors (Lipinski definition) is 8. The van der Waals surface area contributed by atoms with Crippen LogP contribution in [-0.4, -0.2) is 28.3 Å². The summed E-state index contributed by atoms with van der Waals surface area (Å²) in [5.74, 6) is 2.65. The Morgan fingerprint density at radius 1 is 1.00 bits per heavy atom. The normalized spacial score (nSPS) is 19.7. The predicted octanol–water partition coefficient (Wildman–Crippen LogP) is 4.72. The summed E-state index contributed by atoms with van der Waals surface area (Å²) >= 11 is 1.72. The van der Waals surface area contributed by atoms with Gasteiger partial charge in [0.1, 0.15) is 17.5 Å². The van der Waals surface area contributed by atoms with Crippen LogP contribution in [0.1, 0.15) is 17.2 Å². The molecule has 0 spiro atoms. The quantitative estimate of drug-likeness (QED) is 0.608. The fourth-order valence-corrected chi connectivity index (χ4v) is 5.10. The lowest BCUT2D eigenvalue weighted by molar-refractivity contribution is 0.174. The summed E-state index contributed by atoms with van der Waals surface area (Å²) in [6.45, 7) is 0.996. The van der Waals surface area contributed by atoms with E-state index in [-0.39, 0.29) is 11.3 Å². The Balaban J connectivity index is 1.14. The van der Waals surface area contributed by atoms with Crippen LogP contribution in [0.2, 0.25) is 0 Å². The molecule has 3 aliphatic heterocycles. The van der Waals surface area contributed by atoms with Crippen molar-refractivity contribution in [2.45, 2.75) is 22.7 Å². The first kappa shape index (κ1) is 18.3. The molecule has 2 atom stereocenters. The van der Waals surface area contributed by atoms with E-state index in [1.165, 1.54) is 0 Å². The van der Waals surface area contributed by atoms with Gasteiger partial charge in [-0.05, 0) is 48.0 Å². The molecule has 3 aromatic rings. The number of hydrogen-bond donors (Lipinski definition) is 2. The summed E-state index contributed by atoms with van der Waals surface area (Å²) in [6.07, 6.45) is 7.63. The van der Waals surface area contributed by atoms with Crippen LogP contribution in [0.4, 0.5) is 17.2 Å². The van der Waals surface area contributed by atoms with Crippen LogP contribution in [0, 0.1) is 0 Å². The maximum atomic E-state index is 5.44. The molecule has 0 amide bonds. The molecular weight excluding hydrogens is 410 g/mol. The largest absolute Gasteiger partial charge is 0.454 e. The molecule has 7 nitrogen and oxygen atoms in total. The molecule has 3 aliphatic rings. The van der Waals surface area contributed by atoms with Gasteiger partial charge in [-0.2, -0.15) is 0 Å². The van der Waals surface area contributed by atoms with Gasteiger partial charge in [0.05, 0.1) is 16.5 Å². The molecule has 2 N–H and O–H groups in total. The molecule has 31 heavy (non-hydrogen) atoms. The third-order valence-electron chi connectivity index (χ3n) is 5.41. The highest BCUT2D eigenvalue weighted by Gasteiger charge is 2.35. The summed E-state index contributed by atoms with van der Waals surface area (Å²) in [7, 11) is 0. The third-order valence-corrected chi connectivity index (χ3v) is 6.71. The number of aromatic nitrogens is 2. The van der Waals surface area contributed by atoms with Crippen LogP contribution in [0.3, 0.4) is 0 Å². The van der Waals surface area contributed by atoms with E-state index in [1.54, 1.807) is 18.1 Å². The highest BCUT2D eigenvalue weighted by molar-refractivity contribution is 8.00. The van der Waals surface area contributed by atoms with Crippen molar-refractivity contribution in [3.05, 3.63) is 72.2 Å². The number of anilines is 3. The van der Waals surface area contributed by atoms with Crippen LogP contribution in [0.25, 0.3) is 0 Å². The zero-order valence-corrected chi connectivity index (χ0v) is 17.3. The molecule has 2 unspecified atom stereocenters. The van der Waals surface area contributed by atoms with Crippen molar-refractivity contribution in [1.82, 2.24) is 9.97 Å². The van der Waals surface area contributed by atoms with E-state index >= 15 is 0 Å². The Kier molecular flexibility index (Phi) is 4.49. The number of ether oxygens (including phenoxy) is 2. The van der Waals surface area contributed by atoms with Crippen LogP contribution < -0.4 is 20.1 Å². The third kappa shape index (κ3) is 3.48. The Labute approximate surface area is 183 Å². The summed E-state index contributed by atoms with van der Waals surface area (Å²) in [5, 5.41) is 7.03. The number of fused-ring (bicyclic) bond motifs is 4. The zero-order valence-electron chi connectivity index (χ0n) is 16.5. The Morgan fingerprint density at radius 2 is 1.87 bits per heavy atom. The number of benzene rings is 2. The molecule has 154 valence electrons. The number of rotatable bonds is 5. The highest BCUT2D eigenvalue weighted by atomic mass is 32.2. The first-order valence-electron chi connectivity index (χ1n) is 10.0. The lowest BCUT2D eigenvalue weighted by Crippen LogP contribution is -2.09. The molecule has 0 saturated heterocycles. The monoisotopic (exact) mass is 429 g/mol. The average Bonchev–Trinajstić information content (AvgIpc) is 3.43. The van der Waals surface area contributed by atoms with Crippen molar-refractivity contribution in [2.24, 2.45) is 4.99 Å². The van der Waals surface area contributed by atoms with Crippen LogP contribution >= 0.6 is 11.8 Å². The second kappa shape index (κ2) is 7.63. The average molecular weight is 430 g/mol. The Hall–Kier alpha value is -3.52. The summed E-state index contributed by atoms with van der Waals surface area (Å²) < 4.78 is 10.8. The standard InChI is InChI=1S/C23H19N5O2S/c1-2-17-20-21(31-23(17)24-9-1)22(27-12-26-20)28-16-6-4-15(5-7-16)25-11-14-3-8-18-19(10-14)30-13-29-18/h1-10,12,17,23,25H,11,13H2,(H,26,27,28). The number of allylic oxidation sites excluding steroid dienone is 1. The first-order chi connectivity index (χ1) is 15.3. The van der Waals surface area contributed by atoms with Crippen molar-refractivity contribution >= 4 is 35.2 Å². The fraction of sp³-hybridized carbons (Fsp3) is 0.174. The molecule has 4 heterocycles. The zero-order chi connectivity index (χ0) is 20.6. The van der Waals surface area contributed by atoms with Crippen molar-refractivity contribution in [1.29, 1.82) is 0 Å². The lowest BCUT2D eigenvalue weighted by Gasteiger charge is -2.12. The van der Waals surface area contributed by atoms with Gasteiger partial charge in [0.15, 0.2) is 11.5 Å². The molecule has 8 heteroatoms. The van der Waals surface area contributed by atoms with E-state index < -0.39 is 0 Å². The van der Waals surface area contributed by atoms with Gasteiger partial charge in [-0.15, -0.1) is 0 Å². The molecule has 1 aromatic heterocycles. The summed E-state index contributed by atoms with van der Waals surface area (Å²) in [4.78, 5) is 14.6. The van der Waals surface area contributed by atoms with Gasteiger partial charge in [0.25, 0.3) is 0 Å². The van der Waals surface area contributed by atoms with Gasteiger partial charge in [-0.25, -0.2) is 9.97 Å². The smallest absolute Gasteiger partial charge is 0.231 e. The molecule has 0 radical (unpaired) electrons. The van der Waals surface area contributed by atoms with E-state index in [4.69, 9.17) is 9.47 Å². The van der Waals surface area contributed by atoms with Crippen molar-refractivity contribution < 1.29 is 9.47 Å². The summed E-state index contributed by atoms with van der Waals surface area (Å²) in [5.41, 5.74) is 4.20. The van der Waals surface area contributed by atoms with E-state index in [1.807, 2.05) is 42.6 Å². The Bertz CT molecular complexity index is 1200. The minimum atomic E-state index is 0.153. The van der Waals surface area contributed by atoms with Crippen molar-refractivity contribution in [3.63, 3.8) is 0 Å². The van der Waals surface area contributed by atoms with Gasteiger partial charge in [-0.3, -0.25) is 4.99 Å². The highest BCUT2D eigenvalue weighted by Crippen LogP contribution is 2.49. The second-order valence-electron chi connectivity index (χ2n) is 7.40.